The highest BCUT2D eigenvalue weighted by Gasteiger charge is 2.29. The number of methoxy groups -OCH3 is 1. The van der Waals surface area contributed by atoms with Crippen molar-refractivity contribution in [3.8, 4) is 5.75 Å². The fourth-order valence-electron chi connectivity index (χ4n) is 2.70. The SMILES string of the molecule is COc1ccccc1C1Cc2[nH]ncc2C(Cl)C1. The van der Waals surface area contributed by atoms with Gasteiger partial charge in [0.2, 0.25) is 0 Å². The lowest BCUT2D eigenvalue weighted by Crippen LogP contribution is -2.14. The van der Waals surface area contributed by atoms with Gasteiger partial charge in [0.25, 0.3) is 0 Å². The number of rotatable bonds is 2. The number of aromatic amines is 1. The molecule has 0 spiro atoms. The van der Waals surface area contributed by atoms with E-state index in [1.54, 1.807) is 7.11 Å². The molecule has 3 nitrogen and oxygen atoms in total. The molecule has 94 valence electrons. The Bertz CT molecular complexity index is 552. The van der Waals surface area contributed by atoms with Crippen molar-refractivity contribution in [2.75, 3.05) is 7.11 Å². The number of benzene rings is 1. The van der Waals surface area contributed by atoms with Crippen LogP contribution < -0.4 is 4.74 Å². The Labute approximate surface area is 111 Å². The summed E-state index contributed by atoms with van der Waals surface area (Å²) in [5.41, 5.74) is 3.52. The van der Waals surface area contributed by atoms with E-state index in [0.29, 0.717) is 5.92 Å². The molecule has 2 aromatic rings. The summed E-state index contributed by atoms with van der Waals surface area (Å²) in [6.45, 7) is 0. The summed E-state index contributed by atoms with van der Waals surface area (Å²) in [5, 5.41) is 7.16. The van der Waals surface area contributed by atoms with E-state index in [-0.39, 0.29) is 5.38 Å². The first kappa shape index (κ1) is 11.6. The maximum absolute atomic E-state index is 6.43. The predicted molar refractivity (Wildman–Crippen MR) is 71.2 cm³/mol. The van der Waals surface area contributed by atoms with E-state index in [1.807, 2.05) is 24.4 Å². The minimum Gasteiger partial charge on any atom is -0.496 e. The smallest absolute Gasteiger partial charge is 0.122 e. The lowest BCUT2D eigenvalue weighted by Gasteiger charge is -2.26. The molecule has 1 aromatic carbocycles. The van der Waals surface area contributed by atoms with Crippen molar-refractivity contribution in [1.82, 2.24) is 10.2 Å². The highest BCUT2D eigenvalue weighted by atomic mass is 35.5. The molecule has 0 radical (unpaired) electrons. The minimum absolute atomic E-state index is 0.0300. The molecule has 0 aliphatic heterocycles. The van der Waals surface area contributed by atoms with E-state index in [0.717, 1.165) is 29.8 Å². The average molecular weight is 263 g/mol. The second-order valence-electron chi connectivity index (χ2n) is 4.65. The van der Waals surface area contributed by atoms with Crippen LogP contribution >= 0.6 is 11.6 Å². The fourth-order valence-corrected chi connectivity index (χ4v) is 3.11. The molecular formula is C14H15ClN2O. The number of ether oxygens (including phenoxy) is 1. The number of aromatic nitrogens is 2. The van der Waals surface area contributed by atoms with Gasteiger partial charge >= 0.3 is 0 Å². The molecule has 3 rings (SSSR count). The largest absolute Gasteiger partial charge is 0.496 e. The lowest BCUT2D eigenvalue weighted by atomic mass is 9.82. The number of hydrogen-bond donors (Lipinski definition) is 1. The Kier molecular flexibility index (Phi) is 3.00. The molecular weight excluding hydrogens is 248 g/mol. The fraction of sp³-hybridized carbons (Fsp3) is 0.357. The third-order valence-corrected chi connectivity index (χ3v) is 4.02. The monoisotopic (exact) mass is 262 g/mol. The number of H-pyrrole nitrogens is 1. The highest BCUT2D eigenvalue weighted by molar-refractivity contribution is 6.21. The van der Waals surface area contributed by atoms with Crippen LogP contribution in [0.5, 0.6) is 5.75 Å². The molecule has 2 atom stereocenters. The zero-order valence-electron chi connectivity index (χ0n) is 10.2. The van der Waals surface area contributed by atoms with Gasteiger partial charge in [-0.15, -0.1) is 11.6 Å². The van der Waals surface area contributed by atoms with Gasteiger partial charge in [0.1, 0.15) is 5.75 Å². The van der Waals surface area contributed by atoms with E-state index >= 15 is 0 Å². The van der Waals surface area contributed by atoms with E-state index in [9.17, 15) is 0 Å². The number of hydrogen-bond acceptors (Lipinski definition) is 2. The maximum atomic E-state index is 6.43. The summed E-state index contributed by atoms with van der Waals surface area (Å²) in [6.07, 6.45) is 3.71. The van der Waals surface area contributed by atoms with Crippen molar-refractivity contribution in [3.05, 3.63) is 47.3 Å². The third-order valence-electron chi connectivity index (χ3n) is 3.61. The van der Waals surface area contributed by atoms with Crippen LogP contribution in [0.15, 0.2) is 30.5 Å². The normalized spacial score (nSPS) is 22.6. The van der Waals surface area contributed by atoms with Crippen molar-refractivity contribution in [1.29, 1.82) is 0 Å². The third kappa shape index (κ3) is 1.89. The molecule has 18 heavy (non-hydrogen) atoms. The van der Waals surface area contributed by atoms with Crippen LogP contribution in [0.4, 0.5) is 0 Å². The van der Waals surface area contributed by atoms with Gasteiger partial charge in [0.15, 0.2) is 0 Å². The van der Waals surface area contributed by atoms with Crippen LogP contribution in [0.1, 0.15) is 34.5 Å². The van der Waals surface area contributed by atoms with E-state index in [1.165, 1.54) is 5.56 Å². The Morgan fingerprint density at radius 3 is 3.00 bits per heavy atom. The second-order valence-corrected chi connectivity index (χ2v) is 5.18. The van der Waals surface area contributed by atoms with Crippen molar-refractivity contribution in [2.24, 2.45) is 0 Å². The number of fused-ring (bicyclic) bond motifs is 1. The quantitative estimate of drug-likeness (QED) is 0.842. The number of alkyl halides is 1. The van der Waals surface area contributed by atoms with Gasteiger partial charge in [-0.25, -0.2) is 0 Å². The number of para-hydroxylation sites is 1. The van der Waals surface area contributed by atoms with Crippen LogP contribution in [-0.2, 0) is 6.42 Å². The van der Waals surface area contributed by atoms with E-state index in [4.69, 9.17) is 16.3 Å². The van der Waals surface area contributed by atoms with Crippen molar-refractivity contribution < 1.29 is 4.74 Å². The first-order valence-corrected chi connectivity index (χ1v) is 6.52. The molecule has 1 heterocycles. The lowest BCUT2D eigenvalue weighted by molar-refractivity contribution is 0.401. The van der Waals surface area contributed by atoms with Crippen molar-refractivity contribution in [2.45, 2.75) is 24.1 Å². The zero-order valence-corrected chi connectivity index (χ0v) is 10.9. The Morgan fingerprint density at radius 1 is 1.33 bits per heavy atom. The van der Waals surface area contributed by atoms with Crippen molar-refractivity contribution >= 4 is 11.6 Å². The molecule has 1 aliphatic carbocycles. The molecule has 0 fully saturated rings. The number of nitrogens with zero attached hydrogens (tertiary/aromatic N) is 1. The average Bonchev–Trinajstić information content (AvgIpc) is 2.87. The topological polar surface area (TPSA) is 37.9 Å². The van der Waals surface area contributed by atoms with E-state index in [2.05, 4.69) is 16.3 Å². The van der Waals surface area contributed by atoms with Gasteiger partial charge in [-0.1, -0.05) is 18.2 Å². The van der Waals surface area contributed by atoms with Gasteiger partial charge in [0, 0.05) is 11.3 Å². The summed E-state index contributed by atoms with van der Waals surface area (Å²) < 4.78 is 5.43. The summed E-state index contributed by atoms with van der Waals surface area (Å²) in [4.78, 5) is 0. The predicted octanol–water partition coefficient (Wildman–Crippen LogP) is 3.43. The van der Waals surface area contributed by atoms with Gasteiger partial charge in [-0.2, -0.15) is 5.10 Å². The molecule has 0 saturated carbocycles. The zero-order chi connectivity index (χ0) is 12.5. The first-order valence-electron chi connectivity index (χ1n) is 6.08. The second kappa shape index (κ2) is 4.65. The maximum Gasteiger partial charge on any atom is 0.122 e. The van der Waals surface area contributed by atoms with Gasteiger partial charge in [-0.3, -0.25) is 5.10 Å². The summed E-state index contributed by atoms with van der Waals surface area (Å²) in [7, 11) is 1.71. The summed E-state index contributed by atoms with van der Waals surface area (Å²) in [5.74, 6) is 1.32. The van der Waals surface area contributed by atoms with Crippen molar-refractivity contribution in [3.63, 3.8) is 0 Å². The number of halogens is 1. The van der Waals surface area contributed by atoms with E-state index < -0.39 is 0 Å². The Morgan fingerprint density at radius 2 is 2.17 bits per heavy atom. The molecule has 1 aromatic heterocycles. The molecule has 4 heteroatoms. The molecule has 1 N–H and O–H groups in total. The van der Waals surface area contributed by atoms with Gasteiger partial charge in [-0.05, 0) is 30.4 Å². The van der Waals surface area contributed by atoms with Gasteiger partial charge in [0.05, 0.1) is 18.7 Å². The van der Waals surface area contributed by atoms with Crippen LogP contribution in [-0.4, -0.2) is 17.3 Å². The van der Waals surface area contributed by atoms with Crippen LogP contribution in [0.25, 0.3) is 0 Å². The number of nitrogens with one attached hydrogen (secondary N) is 1. The minimum atomic E-state index is 0.0300. The van der Waals surface area contributed by atoms with Crippen LogP contribution in [0.3, 0.4) is 0 Å². The molecule has 2 unspecified atom stereocenters. The molecule has 1 aliphatic rings. The first-order chi connectivity index (χ1) is 8.79. The van der Waals surface area contributed by atoms with Gasteiger partial charge < -0.3 is 4.74 Å². The molecule has 0 bridgehead atoms. The Balaban J connectivity index is 1.95. The summed E-state index contributed by atoms with van der Waals surface area (Å²) in [6, 6.07) is 8.16. The molecule has 0 amide bonds. The van der Waals surface area contributed by atoms with Crippen LogP contribution in [0, 0.1) is 0 Å². The van der Waals surface area contributed by atoms with Crippen LogP contribution in [0.2, 0.25) is 0 Å². The molecule has 0 saturated heterocycles. The standard InChI is InChI=1S/C14H15ClN2O/c1-18-14-5-3-2-4-10(14)9-6-12(15)11-8-16-17-13(11)7-9/h2-5,8-9,12H,6-7H2,1H3,(H,16,17). The summed E-state index contributed by atoms with van der Waals surface area (Å²) >= 11 is 6.43. The highest BCUT2D eigenvalue weighted by Crippen LogP contribution is 2.43. The Hall–Kier alpha value is -1.48.